The van der Waals surface area contributed by atoms with Gasteiger partial charge in [-0.3, -0.25) is 19.5 Å². The van der Waals surface area contributed by atoms with Crippen molar-refractivity contribution >= 4 is 39.2 Å². The lowest BCUT2D eigenvalue weighted by Crippen LogP contribution is -2.38. The fourth-order valence-electron chi connectivity index (χ4n) is 3.48. The van der Waals surface area contributed by atoms with E-state index in [9.17, 15) is 14.4 Å². The van der Waals surface area contributed by atoms with Crippen LogP contribution in [0.1, 0.15) is 23.8 Å². The predicted octanol–water partition coefficient (Wildman–Crippen LogP) is 2.93. The predicted molar refractivity (Wildman–Crippen MR) is 109 cm³/mol. The average Bonchev–Trinajstić information content (AvgIpc) is 3.02. The van der Waals surface area contributed by atoms with Crippen LogP contribution in [0.4, 0.5) is 10.5 Å². The highest BCUT2D eigenvalue weighted by Crippen LogP contribution is 2.35. The molecule has 0 aliphatic heterocycles. The van der Waals surface area contributed by atoms with Crippen LogP contribution in [-0.4, -0.2) is 21.5 Å². The van der Waals surface area contributed by atoms with Crippen LogP contribution in [0, 0.1) is 5.92 Å². The van der Waals surface area contributed by atoms with E-state index in [2.05, 4.69) is 22.5 Å². The zero-order chi connectivity index (χ0) is 19.7. The number of urea groups is 1. The number of carbonyl (C=O) groups excluding carboxylic acids is 2. The van der Waals surface area contributed by atoms with Gasteiger partial charge >= 0.3 is 6.03 Å². The Kier molecular flexibility index (Phi) is 4.95. The maximum absolute atomic E-state index is 12.9. The summed E-state index contributed by atoms with van der Waals surface area (Å²) in [7, 11) is 0. The molecule has 1 aromatic carbocycles. The van der Waals surface area contributed by atoms with Crippen molar-refractivity contribution in [1.82, 2.24) is 14.9 Å². The molecule has 1 unspecified atom stereocenters. The van der Waals surface area contributed by atoms with Gasteiger partial charge in [-0.1, -0.05) is 25.1 Å². The van der Waals surface area contributed by atoms with Crippen LogP contribution in [-0.2, 0) is 24.2 Å². The maximum atomic E-state index is 12.9. The second kappa shape index (κ2) is 7.55. The minimum Gasteiger partial charge on any atom is -0.308 e. The van der Waals surface area contributed by atoms with Crippen molar-refractivity contribution in [1.29, 1.82) is 0 Å². The summed E-state index contributed by atoms with van der Waals surface area (Å²) in [6.07, 6.45) is 4.26. The van der Waals surface area contributed by atoms with Gasteiger partial charge in [0, 0.05) is 10.6 Å². The van der Waals surface area contributed by atoms with Gasteiger partial charge in [0.05, 0.1) is 11.7 Å². The molecular formula is C20H20N4O3S. The third kappa shape index (κ3) is 3.68. The number of rotatable bonds is 3. The van der Waals surface area contributed by atoms with E-state index in [-0.39, 0.29) is 12.1 Å². The molecule has 144 valence electrons. The van der Waals surface area contributed by atoms with Crippen LogP contribution in [0.25, 0.3) is 10.2 Å². The first kappa shape index (κ1) is 18.4. The van der Waals surface area contributed by atoms with E-state index in [0.29, 0.717) is 17.0 Å². The van der Waals surface area contributed by atoms with Gasteiger partial charge in [-0.25, -0.2) is 9.78 Å². The van der Waals surface area contributed by atoms with Gasteiger partial charge in [-0.15, -0.1) is 11.3 Å². The Bertz CT molecular complexity index is 1100. The number of nitrogens with zero attached hydrogens (tertiary/aromatic N) is 2. The fraction of sp³-hybridized carbons (Fsp3) is 0.300. The molecule has 8 heteroatoms. The van der Waals surface area contributed by atoms with Crippen LogP contribution >= 0.6 is 11.3 Å². The highest BCUT2D eigenvalue weighted by atomic mass is 32.1. The van der Waals surface area contributed by atoms with Gasteiger partial charge in [-0.2, -0.15) is 0 Å². The van der Waals surface area contributed by atoms with Crippen molar-refractivity contribution < 1.29 is 9.59 Å². The molecule has 1 aliphatic rings. The zero-order valence-corrected chi connectivity index (χ0v) is 16.2. The molecule has 1 aliphatic carbocycles. The van der Waals surface area contributed by atoms with Crippen LogP contribution in [0.5, 0.6) is 0 Å². The van der Waals surface area contributed by atoms with E-state index in [1.165, 1.54) is 15.8 Å². The Morgan fingerprint density at radius 1 is 1.29 bits per heavy atom. The van der Waals surface area contributed by atoms with Gasteiger partial charge in [0.15, 0.2) is 0 Å². The van der Waals surface area contributed by atoms with Gasteiger partial charge in [0.1, 0.15) is 11.4 Å². The monoisotopic (exact) mass is 396 g/mol. The van der Waals surface area contributed by atoms with Crippen LogP contribution < -0.4 is 16.2 Å². The minimum atomic E-state index is -0.639. The van der Waals surface area contributed by atoms with Crippen molar-refractivity contribution in [3.63, 3.8) is 0 Å². The summed E-state index contributed by atoms with van der Waals surface area (Å²) in [5.41, 5.74) is 1.43. The standard InChI is InChI=1S/C20H20N4O3S/c1-12-7-8-14-15(9-12)28-18-17(14)19(26)24(11-21-18)10-16(25)23-20(27)22-13-5-3-2-4-6-13/h2-6,11-12H,7-10H2,1H3,(H2,22,23,25,27). The quantitative estimate of drug-likeness (QED) is 0.712. The smallest absolute Gasteiger partial charge is 0.308 e. The van der Waals surface area contributed by atoms with Crippen molar-refractivity contribution in [3.8, 4) is 0 Å². The fourth-order valence-corrected chi connectivity index (χ4v) is 4.82. The Balaban J connectivity index is 1.50. The van der Waals surface area contributed by atoms with Crippen molar-refractivity contribution in [2.45, 2.75) is 32.7 Å². The third-order valence-corrected chi connectivity index (χ3v) is 6.04. The Morgan fingerprint density at radius 2 is 2.07 bits per heavy atom. The number of benzene rings is 1. The SMILES string of the molecule is CC1CCc2c(sc3ncn(CC(=O)NC(=O)Nc4ccccc4)c(=O)c23)C1. The molecule has 7 nitrogen and oxygen atoms in total. The van der Waals surface area contributed by atoms with E-state index in [1.807, 2.05) is 6.07 Å². The molecule has 0 saturated heterocycles. The second-order valence-electron chi connectivity index (χ2n) is 7.08. The number of imide groups is 1. The van der Waals surface area contributed by atoms with E-state index in [4.69, 9.17) is 0 Å². The van der Waals surface area contributed by atoms with E-state index < -0.39 is 11.9 Å². The number of thiophene rings is 1. The summed E-state index contributed by atoms with van der Waals surface area (Å²) in [6.45, 7) is 1.95. The normalized spacial score (nSPS) is 15.8. The summed E-state index contributed by atoms with van der Waals surface area (Å²) >= 11 is 1.57. The van der Waals surface area contributed by atoms with E-state index in [1.54, 1.807) is 35.6 Å². The number of amides is 3. The molecule has 4 rings (SSSR count). The lowest BCUT2D eigenvalue weighted by molar-refractivity contribution is -0.120. The minimum absolute atomic E-state index is 0.226. The van der Waals surface area contributed by atoms with Crippen molar-refractivity contribution in [2.24, 2.45) is 5.92 Å². The van der Waals surface area contributed by atoms with E-state index in [0.717, 1.165) is 29.7 Å². The topological polar surface area (TPSA) is 93.1 Å². The summed E-state index contributed by atoms with van der Waals surface area (Å²) in [5, 5.41) is 5.43. The van der Waals surface area contributed by atoms with Crippen LogP contribution in [0.15, 0.2) is 41.5 Å². The number of carbonyl (C=O) groups is 2. The molecule has 3 aromatic rings. The highest BCUT2D eigenvalue weighted by molar-refractivity contribution is 7.18. The van der Waals surface area contributed by atoms with Gasteiger partial charge in [-0.05, 0) is 42.9 Å². The molecule has 2 heterocycles. The first-order valence-electron chi connectivity index (χ1n) is 9.17. The molecule has 1 atom stereocenters. The first-order chi connectivity index (χ1) is 13.5. The van der Waals surface area contributed by atoms with Crippen molar-refractivity contribution in [2.75, 3.05) is 5.32 Å². The highest BCUT2D eigenvalue weighted by Gasteiger charge is 2.23. The molecule has 28 heavy (non-hydrogen) atoms. The zero-order valence-electron chi connectivity index (χ0n) is 15.4. The molecular weight excluding hydrogens is 376 g/mol. The number of anilines is 1. The molecule has 2 N–H and O–H groups in total. The largest absolute Gasteiger partial charge is 0.325 e. The lowest BCUT2D eigenvalue weighted by Gasteiger charge is -2.17. The molecule has 0 fully saturated rings. The number of fused-ring (bicyclic) bond motifs is 3. The number of para-hydroxylation sites is 1. The van der Waals surface area contributed by atoms with Gasteiger partial charge in [0.25, 0.3) is 5.56 Å². The summed E-state index contributed by atoms with van der Waals surface area (Å²) in [4.78, 5) is 43.4. The van der Waals surface area contributed by atoms with Gasteiger partial charge in [0.2, 0.25) is 5.91 Å². The summed E-state index contributed by atoms with van der Waals surface area (Å²) in [6, 6.07) is 8.17. The van der Waals surface area contributed by atoms with Crippen LogP contribution in [0.3, 0.4) is 0 Å². The first-order valence-corrected chi connectivity index (χ1v) is 9.98. The number of hydrogen-bond acceptors (Lipinski definition) is 5. The van der Waals surface area contributed by atoms with Crippen molar-refractivity contribution in [3.05, 3.63) is 57.5 Å². The second-order valence-corrected chi connectivity index (χ2v) is 8.16. The summed E-state index contributed by atoms with van der Waals surface area (Å²) < 4.78 is 1.26. The van der Waals surface area contributed by atoms with E-state index >= 15 is 0 Å². The average molecular weight is 396 g/mol. The maximum Gasteiger partial charge on any atom is 0.325 e. The third-order valence-electron chi connectivity index (χ3n) is 4.88. The number of aryl methyl sites for hydroxylation is 1. The van der Waals surface area contributed by atoms with Gasteiger partial charge < -0.3 is 5.32 Å². The molecule has 3 amide bonds. The molecule has 0 radical (unpaired) electrons. The molecule has 0 spiro atoms. The Labute approximate surface area is 165 Å². The Morgan fingerprint density at radius 3 is 2.86 bits per heavy atom. The summed E-state index contributed by atoms with van der Waals surface area (Å²) in [5.74, 6) is 0.0334. The number of aromatic nitrogens is 2. The molecule has 0 bridgehead atoms. The Hall–Kier alpha value is -3.00. The molecule has 2 aromatic heterocycles. The number of nitrogens with one attached hydrogen (secondary N) is 2. The molecule has 0 saturated carbocycles. The lowest BCUT2D eigenvalue weighted by atomic mass is 9.89. The van der Waals surface area contributed by atoms with Crippen LogP contribution in [0.2, 0.25) is 0 Å². The number of hydrogen-bond donors (Lipinski definition) is 2.